The van der Waals surface area contributed by atoms with E-state index in [9.17, 15) is 4.79 Å². The molecule has 1 fully saturated rings. The van der Waals surface area contributed by atoms with Gasteiger partial charge in [-0.25, -0.2) is 15.0 Å². The van der Waals surface area contributed by atoms with Gasteiger partial charge in [-0.1, -0.05) is 11.8 Å². The Bertz CT molecular complexity index is 728. The minimum absolute atomic E-state index is 0.0914. The molecule has 3 heterocycles. The third-order valence-electron chi connectivity index (χ3n) is 4.57. The minimum Gasteiger partial charge on any atom is -0.358 e. The van der Waals surface area contributed by atoms with Crippen LogP contribution < -0.4 is 10.2 Å². The molecule has 1 amide bonds. The second-order valence-electron chi connectivity index (χ2n) is 6.31. The highest BCUT2D eigenvalue weighted by Crippen LogP contribution is 2.33. The smallest absolute Gasteiger partial charge is 0.233 e. The number of thiazole rings is 1. The standard InChI is InChI=1S/C16H24N6OS2/c1-17-12(23)9-22-6-4-11(5-7-22)8-21(2)15-13-14(18-10-19-15)20-16(24-3)25-13/h10-11H,4-9H2,1-3H3,(H,17,23). The summed E-state index contributed by atoms with van der Waals surface area (Å²) >= 11 is 3.30. The van der Waals surface area contributed by atoms with Crippen molar-refractivity contribution in [2.45, 2.75) is 17.2 Å². The topological polar surface area (TPSA) is 74.2 Å². The fraction of sp³-hybridized carbons (Fsp3) is 0.625. The first-order valence-electron chi connectivity index (χ1n) is 8.40. The number of aromatic nitrogens is 3. The number of carbonyl (C=O) groups is 1. The lowest BCUT2D eigenvalue weighted by Gasteiger charge is -2.33. The van der Waals surface area contributed by atoms with Crippen molar-refractivity contribution < 1.29 is 4.79 Å². The van der Waals surface area contributed by atoms with Crippen molar-refractivity contribution in [3.63, 3.8) is 0 Å². The van der Waals surface area contributed by atoms with E-state index in [-0.39, 0.29) is 5.91 Å². The number of thioether (sulfide) groups is 1. The van der Waals surface area contributed by atoms with Crippen LogP contribution in [0.4, 0.5) is 5.82 Å². The molecular formula is C16H24N6OS2. The van der Waals surface area contributed by atoms with Crippen molar-refractivity contribution in [2.24, 2.45) is 5.92 Å². The Balaban J connectivity index is 1.61. The van der Waals surface area contributed by atoms with Crippen LogP contribution in [0.3, 0.4) is 0 Å². The molecule has 1 saturated heterocycles. The minimum atomic E-state index is 0.0914. The zero-order chi connectivity index (χ0) is 17.8. The van der Waals surface area contributed by atoms with Gasteiger partial charge in [0.1, 0.15) is 11.0 Å². The Morgan fingerprint density at radius 3 is 2.88 bits per heavy atom. The Morgan fingerprint density at radius 1 is 1.44 bits per heavy atom. The van der Waals surface area contributed by atoms with Crippen molar-refractivity contribution in [3.05, 3.63) is 6.33 Å². The zero-order valence-corrected chi connectivity index (χ0v) is 16.5. The van der Waals surface area contributed by atoms with Crippen LogP contribution in [0.2, 0.25) is 0 Å². The number of piperidine rings is 1. The SMILES string of the molecule is CNC(=O)CN1CCC(CN(C)c2ncnc3nc(SC)sc23)CC1. The molecule has 0 aliphatic carbocycles. The average Bonchev–Trinajstić information content (AvgIpc) is 3.06. The first-order valence-corrected chi connectivity index (χ1v) is 10.4. The van der Waals surface area contributed by atoms with Gasteiger partial charge in [0.15, 0.2) is 15.8 Å². The molecule has 1 aliphatic heterocycles. The molecule has 2 aromatic heterocycles. The second kappa shape index (κ2) is 8.29. The van der Waals surface area contributed by atoms with Gasteiger partial charge < -0.3 is 10.2 Å². The summed E-state index contributed by atoms with van der Waals surface area (Å²) in [4.78, 5) is 29.3. The first kappa shape index (κ1) is 18.3. The molecule has 2 aromatic rings. The molecule has 136 valence electrons. The van der Waals surface area contributed by atoms with Crippen LogP contribution in [0.5, 0.6) is 0 Å². The van der Waals surface area contributed by atoms with Crippen molar-refractivity contribution >= 4 is 45.2 Å². The number of hydrogen-bond acceptors (Lipinski definition) is 8. The number of nitrogens with one attached hydrogen (secondary N) is 1. The molecule has 0 saturated carbocycles. The molecule has 9 heteroatoms. The van der Waals surface area contributed by atoms with Crippen LogP contribution in [0.25, 0.3) is 10.3 Å². The van der Waals surface area contributed by atoms with Crippen LogP contribution in [0.15, 0.2) is 10.7 Å². The van der Waals surface area contributed by atoms with Crippen LogP contribution in [0, 0.1) is 5.92 Å². The Labute approximate surface area is 156 Å². The molecule has 0 spiro atoms. The van der Waals surface area contributed by atoms with Crippen LogP contribution in [0.1, 0.15) is 12.8 Å². The molecule has 0 aromatic carbocycles. The molecule has 3 rings (SSSR count). The summed E-state index contributed by atoms with van der Waals surface area (Å²) in [7, 11) is 3.78. The van der Waals surface area contributed by atoms with Gasteiger partial charge in [0.05, 0.1) is 6.54 Å². The highest BCUT2D eigenvalue weighted by molar-refractivity contribution is 8.00. The fourth-order valence-corrected chi connectivity index (χ4v) is 4.72. The van der Waals surface area contributed by atoms with Crippen LogP contribution in [-0.2, 0) is 4.79 Å². The van der Waals surface area contributed by atoms with E-state index in [1.54, 1.807) is 36.5 Å². The maximum Gasteiger partial charge on any atom is 0.233 e. The van der Waals surface area contributed by atoms with E-state index in [1.165, 1.54) is 0 Å². The lowest BCUT2D eigenvalue weighted by molar-refractivity contribution is -0.122. The number of rotatable bonds is 6. The summed E-state index contributed by atoms with van der Waals surface area (Å²) in [5, 5.41) is 2.69. The molecule has 1 aliphatic rings. The molecular weight excluding hydrogens is 356 g/mol. The first-order chi connectivity index (χ1) is 12.1. The molecule has 25 heavy (non-hydrogen) atoms. The van der Waals surface area contributed by atoms with Gasteiger partial charge in [-0.05, 0) is 38.1 Å². The van der Waals surface area contributed by atoms with Crippen LogP contribution in [-0.4, -0.2) is 72.3 Å². The number of fused-ring (bicyclic) bond motifs is 1. The highest BCUT2D eigenvalue weighted by atomic mass is 32.2. The largest absolute Gasteiger partial charge is 0.358 e. The van der Waals surface area contributed by atoms with Crippen molar-refractivity contribution in [3.8, 4) is 0 Å². The summed E-state index contributed by atoms with van der Waals surface area (Å²) in [6.45, 7) is 3.42. The third kappa shape index (κ3) is 4.39. The molecule has 0 bridgehead atoms. The van der Waals surface area contributed by atoms with Gasteiger partial charge in [0, 0.05) is 20.6 Å². The summed E-state index contributed by atoms with van der Waals surface area (Å²) in [6, 6.07) is 0. The monoisotopic (exact) mass is 380 g/mol. The van der Waals surface area contributed by atoms with Gasteiger partial charge in [-0.2, -0.15) is 0 Å². The van der Waals surface area contributed by atoms with Gasteiger partial charge in [-0.3, -0.25) is 9.69 Å². The number of likely N-dealkylation sites (N-methyl/N-ethyl adjacent to an activating group) is 1. The van der Waals surface area contributed by atoms with E-state index in [4.69, 9.17) is 0 Å². The van der Waals surface area contributed by atoms with Gasteiger partial charge >= 0.3 is 0 Å². The molecule has 1 N–H and O–H groups in total. The Hall–Kier alpha value is -1.45. The number of anilines is 1. The maximum absolute atomic E-state index is 11.5. The summed E-state index contributed by atoms with van der Waals surface area (Å²) in [5.74, 6) is 1.67. The predicted octanol–water partition coefficient (Wildman–Crippen LogP) is 1.70. The second-order valence-corrected chi connectivity index (χ2v) is 8.36. The van der Waals surface area contributed by atoms with Gasteiger partial charge in [-0.15, -0.1) is 11.3 Å². The maximum atomic E-state index is 11.5. The van der Waals surface area contributed by atoms with E-state index >= 15 is 0 Å². The number of hydrogen-bond donors (Lipinski definition) is 1. The van der Waals surface area contributed by atoms with Gasteiger partial charge in [0.25, 0.3) is 0 Å². The number of carbonyl (C=O) groups excluding carboxylic acids is 1. The van der Waals surface area contributed by atoms with E-state index in [2.05, 4.69) is 37.1 Å². The predicted molar refractivity (Wildman–Crippen MR) is 103 cm³/mol. The number of likely N-dealkylation sites (tertiary alicyclic amines) is 1. The summed E-state index contributed by atoms with van der Waals surface area (Å²) in [5.41, 5.74) is 0.784. The van der Waals surface area contributed by atoms with E-state index in [0.29, 0.717) is 12.5 Å². The van der Waals surface area contributed by atoms with Gasteiger partial charge in [0.2, 0.25) is 5.91 Å². The number of nitrogens with zero attached hydrogens (tertiary/aromatic N) is 5. The normalized spacial score (nSPS) is 16.3. The lowest BCUT2D eigenvalue weighted by Crippen LogP contribution is -2.42. The molecule has 7 nitrogen and oxygen atoms in total. The van der Waals surface area contributed by atoms with Crippen molar-refractivity contribution in [1.82, 2.24) is 25.2 Å². The van der Waals surface area contributed by atoms with Crippen LogP contribution >= 0.6 is 23.1 Å². The summed E-state index contributed by atoms with van der Waals surface area (Å²) < 4.78 is 2.08. The lowest BCUT2D eigenvalue weighted by atomic mass is 9.96. The zero-order valence-electron chi connectivity index (χ0n) is 14.9. The third-order valence-corrected chi connectivity index (χ3v) is 6.60. The number of amides is 1. The Kier molecular flexibility index (Phi) is 6.08. The molecule has 0 unspecified atom stereocenters. The van der Waals surface area contributed by atoms with Crippen molar-refractivity contribution in [2.75, 3.05) is 51.4 Å². The molecule has 0 atom stereocenters. The summed E-state index contributed by atoms with van der Waals surface area (Å²) in [6.07, 6.45) is 5.84. The molecule has 0 radical (unpaired) electrons. The quantitative estimate of drug-likeness (QED) is 0.765. The Morgan fingerprint density at radius 2 is 2.20 bits per heavy atom. The van der Waals surface area contributed by atoms with Crippen molar-refractivity contribution in [1.29, 1.82) is 0 Å². The average molecular weight is 381 g/mol. The van der Waals surface area contributed by atoms with E-state index in [1.807, 2.05) is 6.26 Å². The highest BCUT2D eigenvalue weighted by Gasteiger charge is 2.23. The van der Waals surface area contributed by atoms with E-state index in [0.717, 1.165) is 53.0 Å². The fourth-order valence-electron chi connectivity index (χ4n) is 3.17. The van der Waals surface area contributed by atoms with E-state index < -0.39 is 0 Å².